The van der Waals surface area contributed by atoms with Crippen molar-refractivity contribution in [3.63, 3.8) is 0 Å². The van der Waals surface area contributed by atoms with E-state index >= 15 is 0 Å². The summed E-state index contributed by atoms with van der Waals surface area (Å²) in [6.07, 6.45) is 15.3. The number of ether oxygens (including phenoxy) is 1. The highest BCUT2D eigenvalue weighted by atomic mass is 19.3. The first kappa shape index (κ1) is 37.3. The Labute approximate surface area is 250 Å². The third-order valence-electron chi connectivity index (χ3n) is 8.05. The average Bonchev–Trinajstić information content (AvgIpc) is 3.82. The number of aryl methyl sites for hydroxylation is 1. The number of hydrogen-bond acceptors (Lipinski definition) is 4. The van der Waals surface area contributed by atoms with Crippen molar-refractivity contribution in [1.82, 2.24) is 9.97 Å². The molecule has 2 aliphatic carbocycles. The fourth-order valence-corrected chi connectivity index (χ4v) is 4.52. The molecule has 2 saturated carbocycles. The number of Topliss-reactive ketones (excluding diaryl/α,β-unsaturated/α-hetero) is 1. The molecule has 2 aliphatic rings. The number of carbonyl (C=O) groups excluding carboxylic acids is 1. The highest BCUT2D eigenvalue weighted by Gasteiger charge is 2.59. The van der Waals surface area contributed by atoms with E-state index in [0.717, 1.165) is 51.6 Å². The van der Waals surface area contributed by atoms with Gasteiger partial charge in [-0.2, -0.15) is 0 Å². The van der Waals surface area contributed by atoms with E-state index in [4.69, 9.17) is 4.74 Å². The molecule has 0 unspecified atom stereocenters. The molecule has 4 nitrogen and oxygen atoms in total. The third-order valence-corrected chi connectivity index (χ3v) is 8.05. The summed E-state index contributed by atoms with van der Waals surface area (Å²) in [5.74, 6) is -1.17. The number of hydrogen-bond donors (Lipinski definition) is 0. The number of allylic oxidation sites excluding steroid dienone is 1. The number of nitrogens with zero attached hydrogens (tertiary/aromatic N) is 2. The maximum absolute atomic E-state index is 14.0. The standard InChI is InChI=1S/C27H42F2N2O2.C4H8.C4H10/c1-8-11-21(18-33-25(4,5)6)12-9-10-13-24(32)23-17-30-22(20(3)31-23)16-19(2)27(14-15-27)26(7,28)29;1-4-2-3-4;1-3-4-2/h16-17,21H,8-15,18H2,1-7H3;4H,2-3H2,1H3;3-4H2,1-2H3/b19-16+;;/t21-;;/m1../s1. The molecular formula is C35H60F2N2O2. The fourth-order valence-electron chi connectivity index (χ4n) is 4.52. The van der Waals surface area contributed by atoms with Gasteiger partial charge < -0.3 is 4.74 Å². The van der Waals surface area contributed by atoms with Gasteiger partial charge >= 0.3 is 0 Å². The van der Waals surface area contributed by atoms with E-state index < -0.39 is 11.3 Å². The molecule has 0 spiro atoms. The third kappa shape index (κ3) is 14.4. The molecule has 0 amide bonds. The Morgan fingerprint density at radius 3 is 2.07 bits per heavy atom. The van der Waals surface area contributed by atoms with E-state index in [2.05, 4.69) is 58.4 Å². The summed E-state index contributed by atoms with van der Waals surface area (Å²) in [5, 5.41) is 0. The largest absolute Gasteiger partial charge is 0.376 e. The zero-order valence-electron chi connectivity index (χ0n) is 28.0. The van der Waals surface area contributed by atoms with Crippen molar-refractivity contribution in [2.24, 2.45) is 17.3 Å². The quantitative estimate of drug-likeness (QED) is 0.163. The van der Waals surface area contributed by atoms with Crippen LogP contribution in [0.3, 0.4) is 0 Å². The second-order valence-corrected chi connectivity index (χ2v) is 13.5. The molecule has 1 heterocycles. The molecule has 3 rings (SSSR count). The summed E-state index contributed by atoms with van der Waals surface area (Å²) in [7, 11) is 0. The van der Waals surface area contributed by atoms with E-state index in [1.54, 1.807) is 19.9 Å². The Morgan fingerprint density at radius 2 is 1.66 bits per heavy atom. The van der Waals surface area contributed by atoms with E-state index in [1.165, 1.54) is 31.9 Å². The van der Waals surface area contributed by atoms with Gasteiger partial charge in [-0.25, -0.2) is 13.8 Å². The topological polar surface area (TPSA) is 52.1 Å². The monoisotopic (exact) mass is 578 g/mol. The zero-order valence-corrected chi connectivity index (χ0v) is 28.0. The summed E-state index contributed by atoms with van der Waals surface area (Å²) in [6.45, 7) is 20.3. The summed E-state index contributed by atoms with van der Waals surface area (Å²) >= 11 is 0. The van der Waals surface area contributed by atoms with Crippen LogP contribution in [-0.4, -0.2) is 33.9 Å². The van der Waals surface area contributed by atoms with Crippen molar-refractivity contribution in [3.8, 4) is 0 Å². The number of unbranched alkanes of at least 4 members (excludes halogenated alkanes) is 2. The van der Waals surface area contributed by atoms with Gasteiger partial charge in [-0.3, -0.25) is 9.78 Å². The van der Waals surface area contributed by atoms with Crippen LogP contribution < -0.4 is 0 Å². The van der Waals surface area contributed by atoms with Crippen LogP contribution >= 0.6 is 0 Å². The lowest BCUT2D eigenvalue weighted by atomic mass is 9.90. The predicted molar refractivity (Wildman–Crippen MR) is 169 cm³/mol. The van der Waals surface area contributed by atoms with Crippen LogP contribution in [0.5, 0.6) is 0 Å². The van der Waals surface area contributed by atoms with Crippen LogP contribution in [0.25, 0.3) is 6.08 Å². The predicted octanol–water partition coefficient (Wildman–Crippen LogP) is 10.8. The molecule has 6 heteroatoms. The lowest BCUT2D eigenvalue weighted by Crippen LogP contribution is -2.27. The zero-order chi connectivity index (χ0) is 31.3. The van der Waals surface area contributed by atoms with Crippen molar-refractivity contribution in [1.29, 1.82) is 0 Å². The highest BCUT2D eigenvalue weighted by molar-refractivity contribution is 5.94. The van der Waals surface area contributed by atoms with Crippen LogP contribution in [0.1, 0.15) is 161 Å². The van der Waals surface area contributed by atoms with E-state index in [1.807, 2.05) is 0 Å². The molecule has 2 fully saturated rings. The second kappa shape index (κ2) is 17.4. The maximum atomic E-state index is 14.0. The van der Waals surface area contributed by atoms with Crippen molar-refractivity contribution >= 4 is 11.9 Å². The van der Waals surface area contributed by atoms with Gasteiger partial charge in [0.15, 0.2) is 5.78 Å². The van der Waals surface area contributed by atoms with Gasteiger partial charge in [0.2, 0.25) is 0 Å². The Morgan fingerprint density at radius 1 is 1.07 bits per heavy atom. The van der Waals surface area contributed by atoms with Crippen molar-refractivity contribution in [2.75, 3.05) is 6.61 Å². The normalized spacial score (nSPS) is 17.1. The number of aromatic nitrogens is 2. The molecule has 1 aromatic rings. The van der Waals surface area contributed by atoms with Gasteiger partial charge in [-0.1, -0.05) is 71.8 Å². The van der Waals surface area contributed by atoms with Crippen LogP contribution in [0, 0.1) is 24.2 Å². The van der Waals surface area contributed by atoms with Crippen molar-refractivity contribution in [2.45, 2.75) is 158 Å². The van der Waals surface area contributed by atoms with Crippen molar-refractivity contribution < 1.29 is 18.3 Å². The van der Waals surface area contributed by atoms with E-state index in [0.29, 0.717) is 47.8 Å². The Bertz CT molecular complexity index is 936. The van der Waals surface area contributed by atoms with E-state index in [-0.39, 0.29) is 11.4 Å². The molecule has 1 atom stereocenters. The average molecular weight is 579 g/mol. The smallest absolute Gasteiger partial charge is 0.254 e. The molecule has 0 N–H and O–H groups in total. The molecule has 0 aromatic carbocycles. The number of alkyl halides is 2. The fraction of sp³-hybridized carbons (Fsp3) is 0.800. The minimum Gasteiger partial charge on any atom is -0.376 e. The molecule has 41 heavy (non-hydrogen) atoms. The Balaban J connectivity index is 0.000000910. The molecule has 0 saturated heterocycles. The second-order valence-electron chi connectivity index (χ2n) is 13.5. The number of ketones is 1. The van der Waals surface area contributed by atoms with Gasteiger partial charge in [-0.15, -0.1) is 0 Å². The molecule has 236 valence electrons. The molecule has 1 aromatic heterocycles. The van der Waals surface area contributed by atoms with Gasteiger partial charge in [0.25, 0.3) is 5.92 Å². The highest BCUT2D eigenvalue weighted by Crippen LogP contribution is 2.61. The van der Waals surface area contributed by atoms with Gasteiger partial charge in [-0.05, 0) is 84.6 Å². The maximum Gasteiger partial charge on any atom is 0.254 e. The SMILES string of the molecule is CC1CC1.CCCC.CCC[C@H](CCCCC(=O)c1cnc(/C=C(\C)C2(C(C)(F)F)CC2)c(C)n1)COC(C)(C)C. The van der Waals surface area contributed by atoms with Gasteiger partial charge in [0.05, 0.1) is 35.2 Å². The van der Waals surface area contributed by atoms with E-state index in [9.17, 15) is 13.6 Å². The first-order chi connectivity index (χ1) is 19.1. The Hall–Kier alpha value is -1.69. The first-order valence-electron chi connectivity index (χ1n) is 16.2. The van der Waals surface area contributed by atoms with Crippen LogP contribution in [0.2, 0.25) is 0 Å². The molecule has 0 bridgehead atoms. The molecular weight excluding hydrogens is 518 g/mol. The van der Waals surface area contributed by atoms with Crippen LogP contribution in [-0.2, 0) is 4.74 Å². The van der Waals surface area contributed by atoms with Crippen molar-refractivity contribution in [3.05, 3.63) is 28.9 Å². The van der Waals surface area contributed by atoms with Crippen LogP contribution in [0.15, 0.2) is 11.8 Å². The number of halogens is 2. The number of rotatable bonds is 14. The van der Waals surface area contributed by atoms with Crippen LogP contribution in [0.4, 0.5) is 8.78 Å². The van der Waals surface area contributed by atoms with Gasteiger partial charge in [0, 0.05) is 13.3 Å². The summed E-state index contributed by atoms with van der Waals surface area (Å²) in [6, 6.07) is 0. The molecule has 0 aliphatic heterocycles. The lowest BCUT2D eigenvalue weighted by molar-refractivity contribution is -0.0378. The first-order valence-corrected chi connectivity index (χ1v) is 16.2. The number of carbonyl (C=O) groups is 1. The summed E-state index contributed by atoms with van der Waals surface area (Å²) < 4.78 is 33.9. The summed E-state index contributed by atoms with van der Waals surface area (Å²) in [5.41, 5.74) is 0.950. The van der Waals surface area contributed by atoms with Gasteiger partial charge in [0.1, 0.15) is 5.69 Å². The Kier molecular flexibility index (Phi) is 15.9. The minimum absolute atomic E-state index is 0.0189. The lowest BCUT2D eigenvalue weighted by Gasteiger charge is -2.24. The molecule has 0 radical (unpaired) electrons. The minimum atomic E-state index is -2.75. The summed E-state index contributed by atoms with van der Waals surface area (Å²) in [4.78, 5) is 21.4.